The average molecular weight is 262 g/mol. The summed E-state index contributed by atoms with van der Waals surface area (Å²) in [5, 5.41) is 0.575. The van der Waals surface area contributed by atoms with Crippen LogP contribution in [0, 0.1) is 0 Å². The van der Waals surface area contributed by atoms with E-state index in [1.165, 1.54) is 17.1 Å². The second-order valence-electron chi connectivity index (χ2n) is 3.87. The molecule has 1 aliphatic heterocycles. The molecule has 2 rings (SSSR count). The van der Waals surface area contributed by atoms with Crippen LogP contribution in [-0.4, -0.2) is 23.3 Å². The van der Waals surface area contributed by atoms with Gasteiger partial charge in [-0.2, -0.15) is 0 Å². The van der Waals surface area contributed by atoms with E-state index in [0.29, 0.717) is 18.0 Å². The summed E-state index contributed by atoms with van der Waals surface area (Å²) in [5.41, 5.74) is 0.757. The lowest BCUT2D eigenvalue weighted by Gasteiger charge is -2.19. The number of carbonyl (C=O) groups excluding carboxylic acids is 2. The van der Waals surface area contributed by atoms with Gasteiger partial charge in [-0.15, -0.1) is 0 Å². The van der Waals surface area contributed by atoms with Gasteiger partial charge in [0.25, 0.3) is 11.8 Å². The molecular formula is C14H12ClNO2. The molecule has 1 aromatic carbocycles. The first-order chi connectivity index (χ1) is 8.68. The van der Waals surface area contributed by atoms with Crippen LogP contribution in [0.5, 0.6) is 0 Å². The maximum atomic E-state index is 11.8. The molecule has 0 saturated carbocycles. The zero-order valence-corrected chi connectivity index (χ0v) is 10.4. The van der Waals surface area contributed by atoms with Crippen LogP contribution in [-0.2, 0) is 9.59 Å². The molecule has 1 aromatic rings. The normalized spacial score (nSPS) is 15.4. The van der Waals surface area contributed by atoms with Gasteiger partial charge in [0.15, 0.2) is 0 Å². The second-order valence-corrected chi connectivity index (χ2v) is 4.28. The second kappa shape index (κ2) is 5.65. The third-order valence-corrected chi connectivity index (χ3v) is 2.97. The molecule has 0 radical (unpaired) electrons. The van der Waals surface area contributed by atoms with Crippen LogP contribution in [0.2, 0.25) is 5.02 Å². The predicted octanol–water partition coefficient (Wildman–Crippen LogP) is 2.67. The Balaban J connectivity index is 2.10. The molecule has 0 spiro atoms. The van der Waals surface area contributed by atoms with Gasteiger partial charge in [0.05, 0.1) is 0 Å². The van der Waals surface area contributed by atoms with Crippen LogP contribution in [0.1, 0.15) is 12.0 Å². The topological polar surface area (TPSA) is 37.4 Å². The van der Waals surface area contributed by atoms with E-state index in [1.54, 1.807) is 18.2 Å². The van der Waals surface area contributed by atoms with Crippen molar-refractivity contribution in [1.29, 1.82) is 0 Å². The first kappa shape index (κ1) is 12.6. The Hall–Kier alpha value is -1.87. The van der Waals surface area contributed by atoms with E-state index in [4.69, 9.17) is 11.6 Å². The number of amides is 2. The minimum absolute atomic E-state index is 0.268. The van der Waals surface area contributed by atoms with E-state index >= 15 is 0 Å². The summed E-state index contributed by atoms with van der Waals surface area (Å²) in [6.07, 6.45) is 6.89. The maximum Gasteiger partial charge on any atom is 0.253 e. The molecule has 92 valence electrons. The van der Waals surface area contributed by atoms with E-state index in [1.807, 2.05) is 18.2 Å². The van der Waals surface area contributed by atoms with Crippen molar-refractivity contribution in [2.75, 3.05) is 6.54 Å². The third kappa shape index (κ3) is 2.87. The fourth-order valence-corrected chi connectivity index (χ4v) is 1.87. The summed E-state index contributed by atoms with van der Waals surface area (Å²) in [7, 11) is 0. The predicted molar refractivity (Wildman–Crippen MR) is 71.0 cm³/mol. The van der Waals surface area contributed by atoms with Crippen LogP contribution in [0.25, 0.3) is 6.08 Å². The molecule has 0 fully saturated rings. The highest BCUT2D eigenvalue weighted by molar-refractivity contribution is 6.32. The van der Waals surface area contributed by atoms with E-state index in [-0.39, 0.29) is 11.8 Å². The lowest BCUT2D eigenvalue weighted by Crippen LogP contribution is -2.37. The molecule has 0 bridgehead atoms. The maximum absolute atomic E-state index is 11.8. The minimum atomic E-state index is -0.315. The fraction of sp³-hybridized carbons (Fsp3) is 0.143. The van der Waals surface area contributed by atoms with Gasteiger partial charge in [0.1, 0.15) is 0 Å². The summed E-state index contributed by atoms with van der Waals surface area (Å²) in [6, 6.07) is 7.22. The molecule has 0 aromatic heterocycles. The highest BCUT2D eigenvalue weighted by Gasteiger charge is 2.18. The SMILES string of the molecule is O=C1C=CCCN1C(=O)/C=C/c1ccccc1Cl. The number of imide groups is 1. The quantitative estimate of drug-likeness (QED) is 0.768. The standard InChI is InChI=1S/C14H12ClNO2/c15-12-6-2-1-5-11(12)8-9-14(18)16-10-4-3-7-13(16)17/h1-3,5-9H,4,10H2/b9-8+. The Bertz CT molecular complexity index is 534. The Labute approximate surface area is 110 Å². The van der Waals surface area contributed by atoms with Crippen molar-refractivity contribution in [1.82, 2.24) is 4.90 Å². The van der Waals surface area contributed by atoms with Gasteiger partial charge in [-0.25, -0.2) is 0 Å². The molecular weight excluding hydrogens is 250 g/mol. The van der Waals surface area contributed by atoms with Crippen LogP contribution >= 0.6 is 11.6 Å². The summed E-state index contributed by atoms with van der Waals surface area (Å²) >= 11 is 5.97. The summed E-state index contributed by atoms with van der Waals surface area (Å²) in [6.45, 7) is 0.432. The van der Waals surface area contributed by atoms with Gasteiger partial charge in [0, 0.05) is 17.6 Å². The minimum Gasteiger partial charge on any atom is -0.275 e. The lowest BCUT2D eigenvalue weighted by atomic mass is 10.2. The summed E-state index contributed by atoms with van der Waals surface area (Å²) < 4.78 is 0. The summed E-state index contributed by atoms with van der Waals surface area (Å²) in [4.78, 5) is 24.5. The molecule has 4 heteroatoms. The molecule has 3 nitrogen and oxygen atoms in total. The van der Waals surface area contributed by atoms with E-state index in [0.717, 1.165) is 5.56 Å². The van der Waals surface area contributed by atoms with Crippen molar-refractivity contribution in [3.05, 3.63) is 53.1 Å². The van der Waals surface area contributed by atoms with Gasteiger partial charge in [-0.1, -0.05) is 35.9 Å². The number of carbonyl (C=O) groups is 2. The Morgan fingerprint density at radius 3 is 2.83 bits per heavy atom. The molecule has 0 saturated heterocycles. The molecule has 1 heterocycles. The first-order valence-electron chi connectivity index (χ1n) is 5.63. The number of nitrogens with zero attached hydrogens (tertiary/aromatic N) is 1. The Morgan fingerprint density at radius 1 is 1.33 bits per heavy atom. The van der Waals surface area contributed by atoms with Gasteiger partial charge >= 0.3 is 0 Å². The molecule has 1 aliphatic rings. The first-order valence-corrected chi connectivity index (χ1v) is 6.01. The van der Waals surface area contributed by atoms with Gasteiger partial charge in [0.2, 0.25) is 0 Å². The zero-order valence-electron chi connectivity index (χ0n) is 9.67. The zero-order chi connectivity index (χ0) is 13.0. The van der Waals surface area contributed by atoms with E-state index in [9.17, 15) is 9.59 Å². The molecule has 0 unspecified atom stereocenters. The number of hydrogen-bond acceptors (Lipinski definition) is 2. The number of halogens is 1. The van der Waals surface area contributed by atoms with Crippen LogP contribution in [0.4, 0.5) is 0 Å². The van der Waals surface area contributed by atoms with Crippen molar-refractivity contribution < 1.29 is 9.59 Å². The van der Waals surface area contributed by atoms with Crippen molar-refractivity contribution in [2.45, 2.75) is 6.42 Å². The van der Waals surface area contributed by atoms with Gasteiger partial charge in [-0.3, -0.25) is 14.5 Å². The van der Waals surface area contributed by atoms with Crippen molar-refractivity contribution >= 4 is 29.5 Å². The highest BCUT2D eigenvalue weighted by atomic mass is 35.5. The molecule has 18 heavy (non-hydrogen) atoms. The van der Waals surface area contributed by atoms with Crippen LogP contribution in [0.3, 0.4) is 0 Å². The van der Waals surface area contributed by atoms with Gasteiger partial charge in [-0.05, 0) is 30.2 Å². The number of rotatable bonds is 2. The molecule has 0 atom stereocenters. The highest BCUT2D eigenvalue weighted by Crippen LogP contribution is 2.16. The van der Waals surface area contributed by atoms with Crippen LogP contribution < -0.4 is 0 Å². The van der Waals surface area contributed by atoms with Crippen molar-refractivity contribution in [3.8, 4) is 0 Å². The van der Waals surface area contributed by atoms with E-state index < -0.39 is 0 Å². The molecule has 0 aliphatic carbocycles. The van der Waals surface area contributed by atoms with Crippen molar-refractivity contribution in [2.24, 2.45) is 0 Å². The summed E-state index contributed by atoms with van der Waals surface area (Å²) in [5.74, 6) is -0.584. The van der Waals surface area contributed by atoms with Crippen molar-refractivity contribution in [3.63, 3.8) is 0 Å². The Morgan fingerprint density at radius 2 is 2.11 bits per heavy atom. The third-order valence-electron chi connectivity index (χ3n) is 2.62. The lowest BCUT2D eigenvalue weighted by molar-refractivity contribution is -0.139. The fourth-order valence-electron chi connectivity index (χ4n) is 1.67. The van der Waals surface area contributed by atoms with E-state index in [2.05, 4.69) is 0 Å². The van der Waals surface area contributed by atoms with Crippen LogP contribution in [0.15, 0.2) is 42.5 Å². The average Bonchev–Trinajstić information content (AvgIpc) is 2.38. The largest absolute Gasteiger partial charge is 0.275 e. The monoisotopic (exact) mass is 261 g/mol. The Kier molecular flexibility index (Phi) is 3.95. The molecule has 0 N–H and O–H groups in total. The smallest absolute Gasteiger partial charge is 0.253 e. The number of benzene rings is 1. The number of hydrogen-bond donors (Lipinski definition) is 0. The van der Waals surface area contributed by atoms with Gasteiger partial charge < -0.3 is 0 Å². The molecule has 2 amide bonds.